The Bertz CT molecular complexity index is 1460. The molecule has 1 aliphatic carbocycles. The standard InChI is InChI=1S/C24H24N8O/c1-15-13-30(2)23(28-15)17-6-4-16(5-7-17)14-31-24-18(11-26-31)10-25-22(29-24)21-20(33-3)12-27-32(21)19-8-9-19/h4-7,10-13,19H,8-9,14H2,1-3H3. The lowest BCUT2D eigenvalue weighted by Gasteiger charge is -2.08. The summed E-state index contributed by atoms with van der Waals surface area (Å²) >= 11 is 0. The van der Waals surface area contributed by atoms with Crippen molar-refractivity contribution in [2.45, 2.75) is 32.4 Å². The first kappa shape index (κ1) is 19.7. The summed E-state index contributed by atoms with van der Waals surface area (Å²) in [5.74, 6) is 2.25. The third-order valence-electron chi connectivity index (χ3n) is 6.00. The highest BCUT2D eigenvalue weighted by Gasteiger charge is 2.30. The maximum absolute atomic E-state index is 5.54. The van der Waals surface area contributed by atoms with E-state index in [1.165, 1.54) is 0 Å². The summed E-state index contributed by atoms with van der Waals surface area (Å²) in [5, 5.41) is 9.97. The molecule has 0 N–H and O–H groups in total. The minimum Gasteiger partial charge on any atom is -0.493 e. The van der Waals surface area contributed by atoms with Gasteiger partial charge in [0.05, 0.1) is 43.2 Å². The number of imidazole rings is 1. The van der Waals surface area contributed by atoms with E-state index < -0.39 is 0 Å². The Balaban J connectivity index is 1.33. The van der Waals surface area contributed by atoms with Gasteiger partial charge in [-0.2, -0.15) is 10.2 Å². The van der Waals surface area contributed by atoms with Crippen LogP contribution in [0.1, 0.15) is 30.1 Å². The first-order chi connectivity index (χ1) is 16.1. The van der Waals surface area contributed by atoms with Crippen molar-refractivity contribution in [3.05, 3.63) is 60.3 Å². The van der Waals surface area contributed by atoms with Crippen LogP contribution in [-0.4, -0.2) is 46.2 Å². The number of hydrogen-bond donors (Lipinski definition) is 0. The van der Waals surface area contributed by atoms with Gasteiger partial charge in [-0.25, -0.2) is 19.6 Å². The van der Waals surface area contributed by atoms with E-state index >= 15 is 0 Å². The fraction of sp³-hybridized carbons (Fsp3) is 0.292. The molecule has 5 aromatic rings. The molecule has 0 amide bonds. The van der Waals surface area contributed by atoms with Gasteiger partial charge >= 0.3 is 0 Å². The Hall–Kier alpha value is -4.01. The van der Waals surface area contributed by atoms with Crippen LogP contribution in [0.3, 0.4) is 0 Å². The lowest BCUT2D eigenvalue weighted by atomic mass is 10.1. The van der Waals surface area contributed by atoms with Crippen molar-refractivity contribution in [1.82, 2.24) is 39.1 Å². The zero-order valence-electron chi connectivity index (χ0n) is 18.8. The largest absolute Gasteiger partial charge is 0.493 e. The predicted octanol–water partition coefficient (Wildman–Crippen LogP) is 3.79. The number of rotatable bonds is 6. The molecule has 0 bridgehead atoms. The molecule has 0 unspecified atom stereocenters. The summed E-state index contributed by atoms with van der Waals surface area (Å²) < 4.78 is 11.5. The van der Waals surface area contributed by atoms with Gasteiger partial charge in [-0.15, -0.1) is 0 Å². The van der Waals surface area contributed by atoms with Gasteiger partial charge in [0.2, 0.25) is 0 Å². The van der Waals surface area contributed by atoms with Crippen molar-refractivity contribution >= 4 is 11.0 Å². The molecule has 0 aliphatic heterocycles. The lowest BCUT2D eigenvalue weighted by Crippen LogP contribution is -2.06. The molecule has 1 saturated carbocycles. The van der Waals surface area contributed by atoms with E-state index in [2.05, 4.69) is 44.4 Å². The topological polar surface area (TPSA) is 88.5 Å². The zero-order valence-corrected chi connectivity index (χ0v) is 18.8. The third-order valence-corrected chi connectivity index (χ3v) is 6.00. The van der Waals surface area contributed by atoms with Crippen molar-refractivity contribution in [2.75, 3.05) is 7.11 Å². The van der Waals surface area contributed by atoms with Crippen molar-refractivity contribution < 1.29 is 4.74 Å². The fourth-order valence-corrected chi connectivity index (χ4v) is 4.22. The first-order valence-corrected chi connectivity index (χ1v) is 11.0. The highest BCUT2D eigenvalue weighted by Crippen LogP contribution is 2.40. The quantitative estimate of drug-likeness (QED) is 0.399. The highest BCUT2D eigenvalue weighted by molar-refractivity contribution is 5.76. The molecule has 1 aliphatic rings. The Morgan fingerprint density at radius 1 is 1.03 bits per heavy atom. The second-order valence-corrected chi connectivity index (χ2v) is 8.53. The zero-order chi connectivity index (χ0) is 22.5. The van der Waals surface area contributed by atoms with Crippen LogP contribution >= 0.6 is 0 Å². The van der Waals surface area contributed by atoms with Crippen LogP contribution in [0.25, 0.3) is 33.9 Å². The minimum atomic E-state index is 0.397. The minimum absolute atomic E-state index is 0.397. The highest BCUT2D eigenvalue weighted by atomic mass is 16.5. The monoisotopic (exact) mass is 440 g/mol. The van der Waals surface area contributed by atoms with Crippen molar-refractivity contribution in [3.63, 3.8) is 0 Å². The van der Waals surface area contributed by atoms with Crippen LogP contribution in [0.15, 0.2) is 49.1 Å². The summed E-state index contributed by atoms with van der Waals surface area (Å²) in [7, 11) is 3.66. The summed E-state index contributed by atoms with van der Waals surface area (Å²) in [4.78, 5) is 14.1. The Morgan fingerprint density at radius 3 is 2.55 bits per heavy atom. The van der Waals surface area contributed by atoms with E-state index in [0.29, 0.717) is 24.2 Å². The number of benzene rings is 1. The van der Waals surface area contributed by atoms with Gasteiger partial charge in [-0.3, -0.25) is 4.68 Å². The predicted molar refractivity (Wildman–Crippen MR) is 124 cm³/mol. The smallest absolute Gasteiger partial charge is 0.183 e. The number of methoxy groups -OCH3 is 1. The fourth-order valence-electron chi connectivity index (χ4n) is 4.22. The Morgan fingerprint density at radius 2 is 1.85 bits per heavy atom. The number of aryl methyl sites for hydroxylation is 2. The number of fused-ring (bicyclic) bond motifs is 1. The molecule has 9 heteroatoms. The summed E-state index contributed by atoms with van der Waals surface area (Å²) in [5.41, 5.74) is 4.84. The molecule has 33 heavy (non-hydrogen) atoms. The molecule has 0 radical (unpaired) electrons. The van der Waals surface area contributed by atoms with Gasteiger partial charge in [0.25, 0.3) is 0 Å². The van der Waals surface area contributed by atoms with Gasteiger partial charge in [0.1, 0.15) is 11.5 Å². The molecule has 166 valence electrons. The summed E-state index contributed by atoms with van der Waals surface area (Å²) in [6, 6.07) is 8.82. The summed E-state index contributed by atoms with van der Waals surface area (Å²) in [6.07, 6.45) is 9.62. The van der Waals surface area contributed by atoms with E-state index in [4.69, 9.17) is 9.72 Å². The molecule has 4 heterocycles. The molecule has 9 nitrogen and oxygen atoms in total. The number of nitrogens with zero attached hydrogens (tertiary/aromatic N) is 8. The van der Waals surface area contributed by atoms with E-state index in [1.54, 1.807) is 19.5 Å². The molecule has 1 aromatic carbocycles. The van der Waals surface area contributed by atoms with E-state index in [9.17, 15) is 0 Å². The molecule has 0 saturated heterocycles. The Kier molecular flexibility index (Phi) is 4.49. The Labute approximate surface area is 190 Å². The van der Waals surface area contributed by atoms with Gasteiger partial charge < -0.3 is 9.30 Å². The number of ether oxygens (including phenoxy) is 1. The molecule has 0 spiro atoms. The van der Waals surface area contributed by atoms with Crippen molar-refractivity contribution in [2.24, 2.45) is 7.05 Å². The van der Waals surface area contributed by atoms with Crippen LogP contribution in [0, 0.1) is 6.92 Å². The lowest BCUT2D eigenvalue weighted by molar-refractivity contribution is 0.415. The maximum atomic E-state index is 5.54. The molecule has 1 fully saturated rings. The van der Waals surface area contributed by atoms with Crippen LogP contribution in [0.2, 0.25) is 0 Å². The average Bonchev–Trinajstić information content (AvgIpc) is 3.31. The van der Waals surface area contributed by atoms with E-state index in [1.807, 2.05) is 40.3 Å². The normalized spacial score (nSPS) is 13.7. The van der Waals surface area contributed by atoms with Crippen LogP contribution in [0.4, 0.5) is 0 Å². The maximum Gasteiger partial charge on any atom is 0.183 e. The second kappa shape index (κ2) is 7.54. The second-order valence-electron chi connectivity index (χ2n) is 8.53. The molecular formula is C24H24N8O. The van der Waals surface area contributed by atoms with Gasteiger partial charge in [-0.1, -0.05) is 24.3 Å². The van der Waals surface area contributed by atoms with Gasteiger partial charge in [0, 0.05) is 25.0 Å². The van der Waals surface area contributed by atoms with Gasteiger partial charge in [0.15, 0.2) is 17.2 Å². The van der Waals surface area contributed by atoms with Crippen LogP contribution in [-0.2, 0) is 13.6 Å². The van der Waals surface area contributed by atoms with E-state index in [-0.39, 0.29) is 0 Å². The third kappa shape index (κ3) is 3.45. The number of hydrogen-bond acceptors (Lipinski definition) is 6. The SMILES string of the molecule is COc1cnn(C2CC2)c1-c1ncc2cnn(Cc3ccc(-c4nc(C)cn4C)cc3)c2n1. The number of aromatic nitrogens is 8. The van der Waals surface area contributed by atoms with Crippen molar-refractivity contribution in [3.8, 4) is 28.7 Å². The van der Waals surface area contributed by atoms with Crippen LogP contribution in [0.5, 0.6) is 5.75 Å². The molecule has 4 aromatic heterocycles. The average molecular weight is 441 g/mol. The van der Waals surface area contributed by atoms with Gasteiger partial charge in [-0.05, 0) is 25.3 Å². The van der Waals surface area contributed by atoms with E-state index in [0.717, 1.165) is 52.2 Å². The molecule has 0 atom stereocenters. The summed E-state index contributed by atoms with van der Waals surface area (Å²) in [6.45, 7) is 2.61. The first-order valence-electron chi connectivity index (χ1n) is 11.0. The molecular weight excluding hydrogens is 416 g/mol. The van der Waals surface area contributed by atoms with Crippen LogP contribution < -0.4 is 4.74 Å². The van der Waals surface area contributed by atoms with Crippen molar-refractivity contribution in [1.29, 1.82) is 0 Å². The molecule has 6 rings (SSSR count).